The lowest BCUT2D eigenvalue weighted by molar-refractivity contribution is 0.289. The molecule has 1 heterocycles. The van der Waals surface area contributed by atoms with E-state index in [1.807, 2.05) is 12.3 Å². The lowest BCUT2D eigenvalue weighted by Gasteiger charge is -2.20. The molecule has 0 atom stereocenters. The second kappa shape index (κ2) is 5.16. The van der Waals surface area contributed by atoms with E-state index in [2.05, 4.69) is 22.1 Å². The first-order valence-electron chi connectivity index (χ1n) is 5.98. The van der Waals surface area contributed by atoms with E-state index in [-0.39, 0.29) is 0 Å². The number of nitrogens with two attached hydrogens (primary N) is 1. The molecular formula is C12H20N4. The zero-order chi connectivity index (χ0) is 11.4. The number of anilines is 2. The van der Waals surface area contributed by atoms with E-state index < -0.39 is 0 Å². The van der Waals surface area contributed by atoms with Crippen LogP contribution < -0.4 is 11.1 Å². The second-order valence-electron chi connectivity index (χ2n) is 4.29. The predicted octanol–water partition coefficient (Wildman–Crippen LogP) is 1.56. The van der Waals surface area contributed by atoms with Crippen LogP contribution >= 0.6 is 0 Å². The van der Waals surface area contributed by atoms with Crippen LogP contribution in [0.5, 0.6) is 0 Å². The number of hydrogen-bond acceptors (Lipinski definition) is 4. The van der Waals surface area contributed by atoms with Gasteiger partial charge in [0.15, 0.2) is 0 Å². The number of rotatable bonds is 6. The highest BCUT2D eigenvalue weighted by atomic mass is 15.2. The largest absolute Gasteiger partial charge is 0.397 e. The minimum absolute atomic E-state index is 0.708. The summed E-state index contributed by atoms with van der Waals surface area (Å²) in [4.78, 5) is 6.57. The highest BCUT2D eigenvalue weighted by molar-refractivity contribution is 5.51. The van der Waals surface area contributed by atoms with Gasteiger partial charge in [-0.25, -0.2) is 0 Å². The van der Waals surface area contributed by atoms with Gasteiger partial charge in [-0.15, -0.1) is 0 Å². The molecule has 0 radical (unpaired) electrons. The number of nitrogen functional groups attached to an aromatic ring is 1. The summed E-state index contributed by atoms with van der Waals surface area (Å²) in [5, 5.41) is 3.35. The van der Waals surface area contributed by atoms with Crippen LogP contribution in [0.2, 0.25) is 0 Å². The molecule has 0 aliphatic heterocycles. The summed E-state index contributed by atoms with van der Waals surface area (Å²) in [7, 11) is 0. The Kier molecular flexibility index (Phi) is 3.62. The maximum absolute atomic E-state index is 5.66. The molecule has 2 rings (SSSR count). The van der Waals surface area contributed by atoms with Crippen LogP contribution in [0.25, 0.3) is 0 Å². The van der Waals surface area contributed by atoms with Gasteiger partial charge in [-0.3, -0.25) is 9.88 Å². The average Bonchev–Trinajstić information content (AvgIpc) is 3.08. The molecule has 1 aliphatic rings. The molecule has 3 N–H and O–H groups in total. The minimum Gasteiger partial charge on any atom is -0.397 e. The second-order valence-corrected chi connectivity index (χ2v) is 4.29. The van der Waals surface area contributed by atoms with Gasteiger partial charge < -0.3 is 11.1 Å². The van der Waals surface area contributed by atoms with E-state index in [0.29, 0.717) is 5.69 Å². The van der Waals surface area contributed by atoms with Gasteiger partial charge in [-0.05, 0) is 25.5 Å². The van der Waals surface area contributed by atoms with Crippen molar-refractivity contribution in [2.75, 3.05) is 30.7 Å². The van der Waals surface area contributed by atoms with Gasteiger partial charge >= 0.3 is 0 Å². The fourth-order valence-corrected chi connectivity index (χ4v) is 1.94. The van der Waals surface area contributed by atoms with Crippen LogP contribution in [0.15, 0.2) is 18.5 Å². The van der Waals surface area contributed by atoms with Gasteiger partial charge in [0.1, 0.15) is 0 Å². The third-order valence-corrected chi connectivity index (χ3v) is 2.96. The summed E-state index contributed by atoms with van der Waals surface area (Å²) in [6.07, 6.45) is 6.21. The third kappa shape index (κ3) is 3.10. The van der Waals surface area contributed by atoms with E-state index in [9.17, 15) is 0 Å². The van der Waals surface area contributed by atoms with Crippen molar-refractivity contribution in [3.63, 3.8) is 0 Å². The monoisotopic (exact) mass is 220 g/mol. The maximum atomic E-state index is 5.66. The molecule has 0 amide bonds. The summed E-state index contributed by atoms with van der Waals surface area (Å²) < 4.78 is 0. The lowest BCUT2D eigenvalue weighted by Crippen LogP contribution is -2.30. The molecule has 0 spiro atoms. The summed E-state index contributed by atoms with van der Waals surface area (Å²) >= 11 is 0. The first kappa shape index (κ1) is 11.2. The Balaban J connectivity index is 1.74. The molecule has 88 valence electrons. The third-order valence-electron chi connectivity index (χ3n) is 2.96. The highest BCUT2D eigenvalue weighted by Crippen LogP contribution is 2.25. The molecule has 0 saturated heterocycles. The van der Waals surface area contributed by atoms with Gasteiger partial charge in [0.25, 0.3) is 0 Å². The molecule has 1 aromatic heterocycles. The molecule has 1 aliphatic carbocycles. The van der Waals surface area contributed by atoms with Gasteiger partial charge in [-0.2, -0.15) is 0 Å². The number of aromatic nitrogens is 1. The van der Waals surface area contributed by atoms with Crippen molar-refractivity contribution in [2.45, 2.75) is 25.8 Å². The predicted molar refractivity (Wildman–Crippen MR) is 67.4 cm³/mol. The number of pyridine rings is 1. The smallest absolute Gasteiger partial charge is 0.0547 e. The maximum Gasteiger partial charge on any atom is 0.0547 e. The molecule has 1 aromatic rings. The molecule has 0 bridgehead atoms. The molecule has 1 saturated carbocycles. The fraction of sp³-hybridized carbons (Fsp3) is 0.583. The van der Waals surface area contributed by atoms with Crippen molar-refractivity contribution in [3.8, 4) is 0 Å². The average molecular weight is 220 g/mol. The first-order valence-corrected chi connectivity index (χ1v) is 5.98. The van der Waals surface area contributed by atoms with Gasteiger partial charge in [-0.1, -0.05) is 6.92 Å². The van der Waals surface area contributed by atoms with Crippen LogP contribution in [0.1, 0.15) is 19.8 Å². The van der Waals surface area contributed by atoms with E-state index in [1.165, 1.54) is 12.8 Å². The van der Waals surface area contributed by atoms with Crippen LogP contribution in [-0.2, 0) is 0 Å². The topological polar surface area (TPSA) is 54.2 Å². The Hall–Kier alpha value is -1.29. The number of nitrogens with zero attached hydrogens (tertiary/aromatic N) is 2. The SMILES string of the molecule is CCN(CCNc1cncc(N)c1)C1CC1. The number of likely N-dealkylation sites (N-methyl/N-ethyl adjacent to an activating group) is 1. The molecule has 4 nitrogen and oxygen atoms in total. The lowest BCUT2D eigenvalue weighted by atomic mass is 10.3. The van der Waals surface area contributed by atoms with Crippen LogP contribution in [-0.4, -0.2) is 35.6 Å². The van der Waals surface area contributed by atoms with Gasteiger partial charge in [0.05, 0.1) is 17.6 Å². The Morgan fingerprint density at radius 3 is 2.94 bits per heavy atom. The van der Waals surface area contributed by atoms with Crippen molar-refractivity contribution in [1.82, 2.24) is 9.88 Å². The van der Waals surface area contributed by atoms with Crippen LogP contribution in [0, 0.1) is 0 Å². The Labute approximate surface area is 96.8 Å². The zero-order valence-electron chi connectivity index (χ0n) is 9.82. The minimum atomic E-state index is 0.708. The standard InChI is InChI=1S/C12H20N4/c1-2-16(12-3-4-12)6-5-15-11-7-10(13)8-14-9-11/h7-9,12,15H,2-6,13H2,1H3. The molecule has 0 aromatic carbocycles. The highest BCUT2D eigenvalue weighted by Gasteiger charge is 2.26. The van der Waals surface area contributed by atoms with Crippen molar-refractivity contribution in [1.29, 1.82) is 0 Å². The first-order chi connectivity index (χ1) is 7.79. The van der Waals surface area contributed by atoms with Crippen LogP contribution in [0.3, 0.4) is 0 Å². The summed E-state index contributed by atoms with van der Waals surface area (Å²) in [5.74, 6) is 0. The molecule has 16 heavy (non-hydrogen) atoms. The van der Waals surface area contributed by atoms with E-state index in [1.54, 1.807) is 6.20 Å². The number of nitrogens with one attached hydrogen (secondary N) is 1. The normalized spacial score (nSPS) is 15.4. The quantitative estimate of drug-likeness (QED) is 0.764. The summed E-state index contributed by atoms with van der Waals surface area (Å²) in [6, 6.07) is 2.76. The van der Waals surface area contributed by atoms with Crippen LogP contribution in [0.4, 0.5) is 11.4 Å². The van der Waals surface area contributed by atoms with Gasteiger partial charge in [0.2, 0.25) is 0 Å². The van der Waals surface area contributed by atoms with Crippen molar-refractivity contribution >= 4 is 11.4 Å². The van der Waals surface area contributed by atoms with E-state index in [0.717, 1.165) is 31.4 Å². The van der Waals surface area contributed by atoms with E-state index >= 15 is 0 Å². The molecule has 1 fully saturated rings. The summed E-state index contributed by atoms with van der Waals surface area (Å²) in [6.45, 7) is 5.41. The molecule has 0 unspecified atom stereocenters. The Bertz CT molecular complexity index is 336. The zero-order valence-corrected chi connectivity index (χ0v) is 9.82. The fourth-order valence-electron chi connectivity index (χ4n) is 1.94. The summed E-state index contributed by atoms with van der Waals surface area (Å²) in [5.41, 5.74) is 7.38. The van der Waals surface area contributed by atoms with Crippen molar-refractivity contribution in [3.05, 3.63) is 18.5 Å². The van der Waals surface area contributed by atoms with Crippen molar-refractivity contribution in [2.24, 2.45) is 0 Å². The number of hydrogen-bond donors (Lipinski definition) is 2. The Morgan fingerprint density at radius 2 is 2.31 bits per heavy atom. The van der Waals surface area contributed by atoms with Crippen molar-refractivity contribution < 1.29 is 0 Å². The molecule has 4 heteroatoms. The molecular weight excluding hydrogens is 200 g/mol. The Morgan fingerprint density at radius 1 is 1.50 bits per heavy atom. The van der Waals surface area contributed by atoms with Gasteiger partial charge in [0, 0.05) is 25.3 Å². The van der Waals surface area contributed by atoms with E-state index in [4.69, 9.17) is 5.73 Å².